The van der Waals surface area contributed by atoms with Gasteiger partial charge in [0, 0.05) is 45.1 Å². The summed E-state index contributed by atoms with van der Waals surface area (Å²) in [7, 11) is 0. The van der Waals surface area contributed by atoms with Crippen molar-refractivity contribution in [1.29, 1.82) is 0 Å². The summed E-state index contributed by atoms with van der Waals surface area (Å²) >= 11 is 0. The SMILES string of the molecule is CC(C)c1cccc(CN(C2CCOCC2)C2CCOCC2)c1. The van der Waals surface area contributed by atoms with Gasteiger partial charge in [0.1, 0.15) is 0 Å². The first kappa shape index (κ1) is 16.9. The predicted octanol–water partition coefficient (Wildman–Crippen LogP) is 3.97. The number of hydrogen-bond donors (Lipinski definition) is 0. The van der Waals surface area contributed by atoms with Crippen molar-refractivity contribution >= 4 is 0 Å². The van der Waals surface area contributed by atoms with E-state index >= 15 is 0 Å². The Morgan fingerprint density at radius 2 is 1.52 bits per heavy atom. The van der Waals surface area contributed by atoms with Gasteiger partial charge in [-0.25, -0.2) is 0 Å². The normalized spacial score (nSPS) is 21.2. The van der Waals surface area contributed by atoms with Crippen molar-refractivity contribution in [3.05, 3.63) is 35.4 Å². The van der Waals surface area contributed by atoms with Crippen molar-refractivity contribution in [2.45, 2.75) is 64.1 Å². The van der Waals surface area contributed by atoms with Gasteiger partial charge >= 0.3 is 0 Å². The Morgan fingerprint density at radius 1 is 0.957 bits per heavy atom. The van der Waals surface area contributed by atoms with Crippen LogP contribution >= 0.6 is 0 Å². The van der Waals surface area contributed by atoms with E-state index in [1.54, 1.807) is 0 Å². The lowest BCUT2D eigenvalue weighted by Gasteiger charge is -2.41. The Balaban J connectivity index is 1.75. The highest BCUT2D eigenvalue weighted by molar-refractivity contribution is 5.25. The van der Waals surface area contributed by atoms with Crippen molar-refractivity contribution in [3.8, 4) is 0 Å². The van der Waals surface area contributed by atoms with E-state index in [4.69, 9.17) is 9.47 Å². The van der Waals surface area contributed by atoms with Crippen molar-refractivity contribution in [1.82, 2.24) is 4.90 Å². The number of ether oxygens (including phenoxy) is 2. The van der Waals surface area contributed by atoms with Gasteiger partial charge in [-0.2, -0.15) is 0 Å². The minimum atomic E-state index is 0.592. The maximum absolute atomic E-state index is 5.59. The first-order valence-corrected chi connectivity index (χ1v) is 9.24. The van der Waals surface area contributed by atoms with E-state index in [-0.39, 0.29) is 0 Å². The molecular weight excluding hydrogens is 286 g/mol. The van der Waals surface area contributed by atoms with E-state index in [1.807, 2.05) is 0 Å². The van der Waals surface area contributed by atoms with Gasteiger partial charge in [-0.3, -0.25) is 4.90 Å². The number of hydrogen-bond acceptors (Lipinski definition) is 3. The highest BCUT2D eigenvalue weighted by atomic mass is 16.5. The average molecular weight is 317 g/mol. The van der Waals surface area contributed by atoms with Crippen LogP contribution in [-0.2, 0) is 16.0 Å². The Labute approximate surface area is 141 Å². The molecule has 0 radical (unpaired) electrons. The molecule has 2 fully saturated rings. The summed E-state index contributed by atoms with van der Waals surface area (Å²) in [4.78, 5) is 2.75. The van der Waals surface area contributed by atoms with Gasteiger partial charge < -0.3 is 9.47 Å². The monoisotopic (exact) mass is 317 g/mol. The van der Waals surface area contributed by atoms with Gasteiger partial charge in [-0.15, -0.1) is 0 Å². The Kier molecular flexibility index (Phi) is 6.09. The molecule has 2 aliphatic heterocycles. The second-order valence-electron chi connectivity index (χ2n) is 7.26. The highest BCUT2D eigenvalue weighted by Gasteiger charge is 2.29. The van der Waals surface area contributed by atoms with Crippen LogP contribution in [0.2, 0.25) is 0 Å². The highest BCUT2D eigenvalue weighted by Crippen LogP contribution is 2.26. The zero-order chi connectivity index (χ0) is 16.1. The molecule has 128 valence electrons. The summed E-state index contributed by atoms with van der Waals surface area (Å²) in [6.07, 6.45) is 4.67. The van der Waals surface area contributed by atoms with Crippen LogP contribution in [0.5, 0.6) is 0 Å². The Bertz CT molecular complexity index is 458. The molecule has 2 aliphatic rings. The molecule has 0 aromatic heterocycles. The maximum Gasteiger partial charge on any atom is 0.0480 e. The molecular formula is C20H31NO2. The van der Waals surface area contributed by atoms with E-state index in [1.165, 1.54) is 36.8 Å². The van der Waals surface area contributed by atoms with Crippen LogP contribution in [0, 0.1) is 0 Å². The van der Waals surface area contributed by atoms with Crippen molar-refractivity contribution in [2.24, 2.45) is 0 Å². The van der Waals surface area contributed by atoms with Gasteiger partial charge in [-0.05, 0) is 42.7 Å². The van der Waals surface area contributed by atoms with Gasteiger partial charge in [0.2, 0.25) is 0 Å². The van der Waals surface area contributed by atoms with Gasteiger partial charge in [0.25, 0.3) is 0 Å². The quantitative estimate of drug-likeness (QED) is 0.820. The van der Waals surface area contributed by atoms with Crippen LogP contribution in [0.1, 0.15) is 56.6 Å². The zero-order valence-corrected chi connectivity index (χ0v) is 14.7. The lowest BCUT2D eigenvalue weighted by atomic mass is 9.97. The van der Waals surface area contributed by atoms with Crippen molar-refractivity contribution in [2.75, 3.05) is 26.4 Å². The van der Waals surface area contributed by atoms with Gasteiger partial charge in [-0.1, -0.05) is 38.1 Å². The van der Waals surface area contributed by atoms with E-state index < -0.39 is 0 Å². The first-order valence-electron chi connectivity index (χ1n) is 9.24. The summed E-state index contributed by atoms with van der Waals surface area (Å²) in [6.45, 7) is 9.26. The molecule has 2 saturated heterocycles. The minimum absolute atomic E-state index is 0.592. The second-order valence-corrected chi connectivity index (χ2v) is 7.26. The molecule has 1 aromatic rings. The third-order valence-corrected chi connectivity index (χ3v) is 5.30. The maximum atomic E-state index is 5.59. The lowest BCUT2D eigenvalue weighted by Crippen LogP contribution is -2.47. The van der Waals surface area contributed by atoms with E-state index in [0.717, 1.165) is 33.0 Å². The van der Waals surface area contributed by atoms with Crippen molar-refractivity contribution < 1.29 is 9.47 Å². The molecule has 3 heteroatoms. The standard InChI is InChI=1S/C20H31NO2/c1-16(2)18-5-3-4-17(14-18)15-21(19-6-10-22-11-7-19)20-8-12-23-13-9-20/h3-5,14,16,19-20H,6-13,15H2,1-2H3. The minimum Gasteiger partial charge on any atom is -0.381 e. The first-order chi connectivity index (χ1) is 11.2. The molecule has 3 rings (SSSR count). The summed E-state index contributed by atoms with van der Waals surface area (Å²) < 4.78 is 11.2. The smallest absolute Gasteiger partial charge is 0.0480 e. The molecule has 0 unspecified atom stereocenters. The molecule has 0 aliphatic carbocycles. The molecule has 1 aromatic carbocycles. The fourth-order valence-corrected chi connectivity index (χ4v) is 3.85. The molecule has 0 N–H and O–H groups in total. The van der Waals surface area contributed by atoms with Crippen LogP contribution in [0.15, 0.2) is 24.3 Å². The molecule has 0 spiro atoms. The number of rotatable bonds is 5. The van der Waals surface area contributed by atoms with Crippen LogP contribution in [0.3, 0.4) is 0 Å². The van der Waals surface area contributed by atoms with E-state index in [2.05, 4.69) is 43.0 Å². The molecule has 0 bridgehead atoms. The third kappa shape index (κ3) is 4.56. The molecule has 0 atom stereocenters. The van der Waals surface area contributed by atoms with E-state index in [0.29, 0.717) is 18.0 Å². The summed E-state index contributed by atoms with van der Waals surface area (Å²) in [5, 5.41) is 0. The third-order valence-electron chi connectivity index (χ3n) is 5.30. The summed E-state index contributed by atoms with van der Waals surface area (Å²) in [6, 6.07) is 10.5. The predicted molar refractivity (Wildman–Crippen MR) is 93.8 cm³/mol. The van der Waals surface area contributed by atoms with Gasteiger partial charge in [0.15, 0.2) is 0 Å². The molecule has 3 nitrogen and oxygen atoms in total. The van der Waals surface area contributed by atoms with Crippen molar-refractivity contribution in [3.63, 3.8) is 0 Å². The van der Waals surface area contributed by atoms with E-state index in [9.17, 15) is 0 Å². The topological polar surface area (TPSA) is 21.7 Å². The lowest BCUT2D eigenvalue weighted by molar-refractivity contribution is -0.0228. The van der Waals surface area contributed by atoms with Gasteiger partial charge in [0.05, 0.1) is 0 Å². The molecule has 0 amide bonds. The zero-order valence-electron chi connectivity index (χ0n) is 14.7. The molecule has 0 saturated carbocycles. The van der Waals surface area contributed by atoms with Crippen LogP contribution in [0.25, 0.3) is 0 Å². The Hall–Kier alpha value is -0.900. The van der Waals surface area contributed by atoms with Crippen LogP contribution < -0.4 is 0 Å². The second kappa shape index (κ2) is 8.27. The summed E-state index contributed by atoms with van der Waals surface area (Å²) in [5.41, 5.74) is 2.90. The Morgan fingerprint density at radius 3 is 2.04 bits per heavy atom. The molecule has 2 heterocycles. The average Bonchev–Trinajstić information content (AvgIpc) is 2.61. The van der Waals surface area contributed by atoms with Crippen LogP contribution in [-0.4, -0.2) is 43.4 Å². The fourth-order valence-electron chi connectivity index (χ4n) is 3.85. The number of nitrogens with zero attached hydrogens (tertiary/aromatic N) is 1. The fraction of sp³-hybridized carbons (Fsp3) is 0.700. The van der Waals surface area contributed by atoms with Crippen LogP contribution in [0.4, 0.5) is 0 Å². The largest absolute Gasteiger partial charge is 0.381 e. The number of benzene rings is 1. The molecule has 23 heavy (non-hydrogen) atoms. The summed E-state index contributed by atoms with van der Waals surface area (Å²) in [5.74, 6) is 0.592.